The molecular formula is C23H24N4O2S. The Hall–Kier alpha value is -3.19. The summed E-state index contributed by atoms with van der Waals surface area (Å²) < 4.78 is 8.55. The first kappa shape index (κ1) is 20.1. The molecule has 4 rings (SSSR count). The van der Waals surface area contributed by atoms with E-state index >= 15 is 0 Å². The van der Waals surface area contributed by atoms with E-state index in [9.17, 15) is 4.79 Å². The van der Waals surface area contributed by atoms with Crippen molar-refractivity contribution in [3.63, 3.8) is 0 Å². The maximum absolute atomic E-state index is 13.4. The Balaban J connectivity index is 1.69. The van der Waals surface area contributed by atoms with Crippen molar-refractivity contribution in [2.45, 2.75) is 26.8 Å². The first-order valence-electron chi connectivity index (χ1n) is 9.85. The minimum Gasteiger partial charge on any atom is -0.494 e. The van der Waals surface area contributed by atoms with E-state index in [1.54, 1.807) is 24.5 Å². The number of fused-ring (bicyclic) bond motifs is 1. The fourth-order valence-electron chi connectivity index (χ4n) is 3.43. The molecule has 6 nitrogen and oxygen atoms in total. The molecule has 0 spiro atoms. The molecule has 2 aromatic heterocycles. The molecule has 0 aliphatic heterocycles. The number of methoxy groups -OCH3 is 1. The van der Waals surface area contributed by atoms with Gasteiger partial charge in [-0.2, -0.15) is 0 Å². The third-order valence-corrected chi connectivity index (χ3v) is 6.22. The number of anilines is 1. The van der Waals surface area contributed by atoms with Crippen LogP contribution in [0, 0.1) is 13.8 Å². The zero-order chi connectivity index (χ0) is 21.1. The van der Waals surface area contributed by atoms with Crippen molar-refractivity contribution in [2.75, 3.05) is 18.6 Å². The molecule has 7 heteroatoms. The number of imidazole rings is 1. The Labute approximate surface area is 179 Å². The summed E-state index contributed by atoms with van der Waals surface area (Å²) >= 11 is 1.53. The lowest BCUT2D eigenvalue weighted by molar-refractivity contribution is 0.0986. The lowest BCUT2D eigenvalue weighted by Crippen LogP contribution is -2.32. The van der Waals surface area contributed by atoms with Crippen LogP contribution >= 0.6 is 11.3 Å². The van der Waals surface area contributed by atoms with Gasteiger partial charge in [-0.3, -0.25) is 9.69 Å². The smallest absolute Gasteiger partial charge is 0.260 e. The third kappa shape index (κ3) is 4.07. The number of rotatable bonds is 7. The first-order chi connectivity index (χ1) is 14.6. The number of hydrogen-bond acceptors (Lipinski definition) is 5. The molecule has 154 valence electrons. The summed E-state index contributed by atoms with van der Waals surface area (Å²) in [6.45, 7) is 5.39. The minimum absolute atomic E-state index is 0.0417. The van der Waals surface area contributed by atoms with E-state index in [0.29, 0.717) is 17.2 Å². The highest BCUT2D eigenvalue weighted by Gasteiger charge is 2.22. The van der Waals surface area contributed by atoms with Gasteiger partial charge in [-0.05, 0) is 44.0 Å². The third-order valence-electron chi connectivity index (χ3n) is 5.01. The molecule has 2 heterocycles. The molecule has 0 fully saturated rings. The zero-order valence-electron chi connectivity index (χ0n) is 17.3. The van der Waals surface area contributed by atoms with Crippen molar-refractivity contribution in [2.24, 2.45) is 0 Å². The molecular weight excluding hydrogens is 396 g/mol. The number of ether oxygens (including phenoxy) is 1. The number of hydrogen-bond donors (Lipinski definition) is 0. The highest BCUT2D eigenvalue weighted by atomic mass is 32.1. The number of aryl methyl sites for hydroxylation is 3. The Morgan fingerprint density at radius 3 is 2.83 bits per heavy atom. The van der Waals surface area contributed by atoms with Crippen LogP contribution in [-0.2, 0) is 6.54 Å². The SMILES string of the molecule is COc1ccc(C)c2sc(N(CCCn3ccnc3)C(=O)c3cccc(C)c3)nc12. The molecule has 0 aliphatic carbocycles. The van der Waals surface area contributed by atoms with Gasteiger partial charge in [-0.25, -0.2) is 9.97 Å². The standard InChI is InChI=1S/C23H24N4O2S/c1-16-6-4-7-18(14-16)22(28)27(12-5-11-26-13-10-24-15-26)23-25-20-19(29-3)9-8-17(2)21(20)30-23/h4,6-10,13-15H,5,11-12H2,1-3H3. The number of carbonyl (C=O) groups excluding carboxylic acids is 1. The molecule has 1 amide bonds. The lowest BCUT2D eigenvalue weighted by Gasteiger charge is -2.20. The average molecular weight is 421 g/mol. The lowest BCUT2D eigenvalue weighted by atomic mass is 10.1. The monoisotopic (exact) mass is 420 g/mol. The summed E-state index contributed by atoms with van der Waals surface area (Å²) in [5.41, 5.74) is 3.65. The van der Waals surface area contributed by atoms with Crippen LogP contribution in [0.4, 0.5) is 5.13 Å². The molecule has 0 saturated carbocycles. The highest BCUT2D eigenvalue weighted by Crippen LogP contribution is 2.37. The fourth-order valence-corrected chi connectivity index (χ4v) is 4.50. The van der Waals surface area contributed by atoms with E-state index in [0.717, 1.165) is 40.1 Å². The molecule has 4 aromatic rings. The molecule has 0 saturated heterocycles. The first-order valence-corrected chi connectivity index (χ1v) is 10.7. The van der Waals surface area contributed by atoms with Gasteiger partial charge in [-0.1, -0.05) is 35.1 Å². The molecule has 2 aromatic carbocycles. The van der Waals surface area contributed by atoms with Crippen LogP contribution in [0.25, 0.3) is 10.2 Å². The molecule has 0 N–H and O–H groups in total. The zero-order valence-corrected chi connectivity index (χ0v) is 18.1. The van der Waals surface area contributed by atoms with Gasteiger partial charge in [-0.15, -0.1) is 0 Å². The number of thiazole rings is 1. The fraction of sp³-hybridized carbons (Fsp3) is 0.261. The summed E-state index contributed by atoms with van der Waals surface area (Å²) in [6.07, 6.45) is 6.27. The van der Waals surface area contributed by atoms with Gasteiger partial charge >= 0.3 is 0 Å². The number of nitrogens with zero attached hydrogens (tertiary/aromatic N) is 4. The van der Waals surface area contributed by atoms with E-state index in [-0.39, 0.29) is 5.91 Å². The van der Waals surface area contributed by atoms with Crippen LogP contribution in [0.5, 0.6) is 5.75 Å². The second kappa shape index (κ2) is 8.67. The van der Waals surface area contributed by atoms with Gasteiger partial charge in [0.1, 0.15) is 11.3 Å². The Bertz CT molecular complexity index is 1170. The van der Waals surface area contributed by atoms with E-state index in [2.05, 4.69) is 11.9 Å². The van der Waals surface area contributed by atoms with Gasteiger partial charge in [0.25, 0.3) is 5.91 Å². The Morgan fingerprint density at radius 2 is 2.10 bits per heavy atom. The Kier molecular flexibility index (Phi) is 5.81. The van der Waals surface area contributed by atoms with E-state index in [1.807, 2.05) is 54.1 Å². The van der Waals surface area contributed by atoms with E-state index in [4.69, 9.17) is 9.72 Å². The molecule has 0 radical (unpaired) electrons. The second-order valence-electron chi connectivity index (χ2n) is 7.24. The minimum atomic E-state index is -0.0417. The van der Waals surface area contributed by atoms with Crippen molar-refractivity contribution >= 4 is 32.6 Å². The Morgan fingerprint density at radius 1 is 1.23 bits per heavy atom. The number of amides is 1. The van der Waals surface area contributed by atoms with Gasteiger partial charge in [0.05, 0.1) is 18.1 Å². The predicted octanol–water partition coefficient (Wildman–Crippen LogP) is 4.86. The number of benzene rings is 2. The van der Waals surface area contributed by atoms with Crippen LogP contribution in [0.15, 0.2) is 55.1 Å². The summed E-state index contributed by atoms with van der Waals surface area (Å²) in [5, 5.41) is 0.690. The van der Waals surface area contributed by atoms with Gasteiger partial charge < -0.3 is 9.30 Å². The summed E-state index contributed by atoms with van der Waals surface area (Å²) in [4.78, 5) is 24.1. The van der Waals surface area contributed by atoms with Crippen molar-refractivity contribution < 1.29 is 9.53 Å². The van der Waals surface area contributed by atoms with Gasteiger partial charge in [0.2, 0.25) is 0 Å². The van der Waals surface area contributed by atoms with Crippen LogP contribution in [0.2, 0.25) is 0 Å². The van der Waals surface area contributed by atoms with Crippen molar-refractivity contribution in [1.29, 1.82) is 0 Å². The number of aromatic nitrogens is 3. The molecule has 0 bridgehead atoms. The topological polar surface area (TPSA) is 60.2 Å². The largest absolute Gasteiger partial charge is 0.494 e. The summed E-state index contributed by atoms with van der Waals surface area (Å²) in [7, 11) is 1.64. The van der Waals surface area contributed by atoms with Crippen molar-refractivity contribution in [3.8, 4) is 5.75 Å². The quantitative estimate of drug-likeness (QED) is 0.429. The predicted molar refractivity (Wildman–Crippen MR) is 121 cm³/mol. The maximum Gasteiger partial charge on any atom is 0.260 e. The second-order valence-corrected chi connectivity index (χ2v) is 8.22. The van der Waals surface area contributed by atoms with E-state index < -0.39 is 0 Å². The van der Waals surface area contributed by atoms with E-state index in [1.165, 1.54) is 11.3 Å². The number of carbonyl (C=O) groups is 1. The molecule has 0 atom stereocenters. The van der Waals surface area contributed by atoms with Crippen LogP contribution in [0.3, 0.4) is 0 Å². The average Bonchev–Trinajstić information content (AvgIpc) is 3.42. The van der Waals surface area contributed by atoms with Crippen molar-refractivity contribution in [3.05, 3.63) is 71.8 Å². The van der Waals surface area contributed by atoms with Gasteiger partial charge in [0, 0.05) is 31.0 Å². The van der Waals surface area contributed by atoms with Crippen LogP contribution < -0.4 is 9.64 Å². The molecule has 0 unspecified atom stereocenters. The summed E-state index contributed by atoms with van der Waals surface area (Å²) in [5.74, 6) is 0.680. The normalized spacial score (nSPS) is 11.0. The highest BCUT2D eigenvalue weighted by molar-refractivity contribution is 7.22. The van der Waals surface area contributed by atoms with Crippen molar-refractivity contribution in [1.82, 2.24) is 14.5 Å². The maximum atomic E-state index is 13.4. The van der Waals surface area contributed by atoms with Crippen LogP contribution in [-0.4, -0.2) is 34.1 Å². The molecule has 0 aliphatic rings. The summed E-state index contributed by atoms with van der Waals surface area (Å²) in [6, 6.07) is 11.6. The van der Waals surface area contributed by atoms with Crippen LogP contribution in [0.1, 0.15) is 27.9 Å². The molecule has 30 heavy (non-hydrogen) atoms. The van der Waals surface area contributed by atoms with Gasteiger partial charge in [0.15, 0.2) is 5.13 Å².